The molecule has 30 heavy (non-hydrogen) atoms. The third kappa shape index (κ3) is 3.39. The van der Waals surface area contributed by atoms with Crippen molar-refractivity contribution in [3.05, 3.63) is 35.9 Å². The van der Waals surface area contributed by atoms with Gasteiger partial charge < -0.3 is 10.1 Å². The zero-order chi connectivity index (χ0) is 20.9. The van der Waals surface area contributed by atoms with Gasteiger partial charge in [-0.05, 0) is 55.3 Å². The Labute approximate surface area is 183 Å². The van der Waals surface area contributed by atoms with E-state index in [9.17, 15) is 0 Å². The summed E-state index contributed by atoms with van der Waals surface area (Å²) in [5.41, 5.74) is 4.78. The van der Waals surface area contributed by atoms with Gasteiger partial charge in [-0.1, -0.05) is 62.4 Å². The van der Waals surface area contributed by atoms with E-state index in [1.807, 2.05) is 12.3 Å². The Kier molecular flexibility index (Phi) is 5.00. The SMILES string of the molecule is CSc1nnc2c(n1)O[C@H]([C@H]1C[C@H]3C(=CCCC3(C)C)C[C@@H]1C)Nc1ccccc1-2. The van der Waals surface area contributed by atoms with Crippen molar-refractivity contribution in [2.75, 3.05) is 11.6 Å². The fourth-order valence-corrected chi connectivity index (χ4v) is 5.84. The lowest BCUT2D eigenvalue weighted by Crippen LogP contribution is -2.45. The van der Waals surface area contributed by atoms with Gasteiger partial charge in [0.25, 0.3) is 0 Å². The minimum Gasteiger partial charge on any atom is -0.452 e. The highest BCUT2D eigenvalue weighted by molar-refractivity contribution is 7.98. The highest BCUT2D eigenvalue weighted by atomic mass is 32.2. The summed E-state index contributed by atoms with van der Waals surface area (Å²) in [4.78, 5) is 4.69. The topological polar surface area (TPSA) is 59.9 Å². The lowest BCUT2D eigenvalue weighted by molar-refractivity contribution is 0.0519. The van der Waals surface area contributed by atoms with Crippen LogP contribution in [0.3, 0.4) is 0 Å². The lowest BCUT2D eigenvalue weighted by atomic mass is 9.59. The van der Waals surface area contributed by atoms with Crippen molar-refractivity contribution in [1.82, 2.24) is 15.2 Å². The van der Waals surface area contributed by atoms with Crippen LogP contribution in [0, 0.1) is 23.2 Å². The average Bonchev–Trinajstić information content (AvgIpc) is 2.89. The van der Waals surface area contributed by atoms with Crippen LogP contribution in [0.2, 0.25) is 0 Å². The first-order valence-corrected chi connectivity index (χ1v) is 12.2. The molecule has 0 saturated heterocycles. The van der Waals surface area contributed by atoms with E-state index in [-0.39, 0.29) is 6.23 Å². The smallest absolute Gasteiger partial charge is 0.247 e. The predicted octanol–water partition coefficient (Wildman–Crippen LogP) is 5.80. The molecule has 5 nitrogen and oxygen atoms in total. The van der Waals surface area contributed by atoms with Crippen LogP contribution in [-0.2, 0) is 0 Å². The molecule has 1 aromatic carbocycles. The van der Waals surface area contributed by atoms with Crippen molar-refractivity contribution in [3.8, 4) is 17.1 Å². The molecule has 2 aromatic rings. The summed E-state index contributed by atoms with van der Waals surface area (Å²) in [5.74, 6) is 2.16. The molecule has 0 amide bonds. The van der Waals surface area contributed by atoms with Gasteiger partial charge in [0.2, 0.25) is 11.0 Å². The molecule has 0 spiro atoms. The van der Waals surface area contributed by atoms with Crippen LogP contribution < -0.4 is 10.1 Å². The molecule has 1 saturated carbocycles. The van der Waals surface area contributed by atoms with Crippen molar-refractivity contribution >= 4 is 17.4 Å². The first-order chi connectivity index (χ1) is 14.5. The maximum atomic E-state index is 6.58. The third-order valence-corrected chi connectivity index (χ3v) is 7.85. The van der Waals surface area contributed by atoms with Gasteiger partial charge in [0, 0.05) is 17.2 Å². The minimum absolute atomic E-state index is 0.131. The van der Waals surface area contributed by atoms with Crippen molar-refractivity contribution in [2.24, 2.45) is 23.2 Å². The lowest BCUT2D eigenvalue weighted by Gasteiger charge is -2.48. The number of thioether (sulfide) groups is 1. The van der Waals surface area contributed by atoms with E-state index in [0.29, 0.717) is 34.2 Å². The number of ether oxygens (including phenoxy) is 1. The van der Waals surface area contributed by atoms with E-state index in [2.05, 4.69) is 65.5 Å². The molecule has 3 aliphatic rings. The van der Waals surface area contributed by atoms with Crippen LogP contribution in [0.5, 0.6) is 5.88 Å². The normalized spacial score (nSPS) is 29.3. The fraction of sp³-hybridized carbons (Fsp3) is 0.542. The predicted molar refractivity (Wildman–Crippen MR) is 122 cm³/mol. The van der Waals surface area contributed by atoms with E-state index < -0.39 is 0 Å². The molecule has 1 aliphatic heterocycles. The molecule has 0 bridgehead atoms. The number of aromatic nitrogens is 3. The molecule has 0 unspecified atom stereocenters. The largest absolute Gasteiger partial charge is 0.452 e. The van der Waals surface area contributed by atoms with Gasteiger partial charge in [0.1, 0.15) is 0 Å². The summed E-state index contributed by atoms with van der Waals surface area (Å²) >= 11 is 1.49. The van der Waals surface area contributed by atoms with E-state index in [0.717, 1.165) is 29.8 Å². The Morgan fingerprint density at radius 1 is 1.20 bits per heavy atom. The summed E-state index contributed by atoms with van der Waals surface area (Å²) in [6.45, 7) is 7.24. The molecule has 6 heteroatoms. The van der Waals surface area contributed by atoms with E-state index in [1.54, 1.807) is 5.57 Å². The Balaban J connectivity index is 1.53. The summed E-state index contributed by atoms with van der Waals surface area (Å²) in [6, 6.07) is 8.26. The number of nitrogens with one attached hydrogen (secondary N) is 1. The number of fused-ring (bicyclic) bond motifs is 4. The van der Waals surface area contributed by atoms with Crippen molar-refractivity contribution < 1.29 is 4.74 Å². The number of rotatable bonds is 2. The zero-order valence-electron chi connectivity index (χ0n) is 18.2. The minimum atomic E-state index is -0.131. The molecule has 0 radical (unpaired) electrons. The Morgan fingerprint density at radius 3 is 2.87 bits per heavy atom. The summed E-state index contributed by atoms with van der Waals surface area (Å²) in [7, 11) is 0. The quantitative estimate of drug-likeness (QED) is 0.487. The van der Waals surface area contributed by atoms with E-state index in [1.165, 1.54) is 24.6 Å². The first-order valence-electron chi connectivity index (χ1n) is 11.0. The second-order valence-corrected chi connectivity index (χ2v) is 10.4. The molecule has 1 aromatic heterocycles. The monoisotopic (exact) mass is 422 g/mol. The van der Waals surface area contributed by atoms with Gasteiger partial charge in [-0.2, -0.15) is 4.98 Å². The number of hydrogen-bond donors (Lipinski definition) is 1. The van der Waals surface area contributed by atoms with Crippen LogP contribution >= 0.6 is 11.8 Å². The fourth-order valence-electron chi connectivity index (χ4n) is 5.54. The highest BCUT2D eigenvalue weighted by Gasteiger charge is 2.44. The Bertz CT molecular complexity index is 989. The molecule has 1 fully saturated rings. The summed E-state index contributed by atoms with van der Waals surface area (Å²) in [5, 5.41) is 13.1. The number of hydrogen-bond acceptors (Lipinski definition) is 6. The van der Waals surface area contributed by atoms with Crippen LogP contribution in [0.15, 0.2) is 41.1 Å². The van der Waals surface area contributed by atoms with Gasteiger partial charge in [-0.25, -0.2) is 0 Å². The molecule has 1 N–H and O–H groups in total. The molecule has 2 aliphatic carbocycles. The van der Waals surface area contributed by atoms with Crippen molar-refractivity contribution in [3.63, 3.8) is 0 Å². The van der Waals surface area contributed by atoms with Gasteiger partial charge in [0.05, 0.1) is 0 Å². The van der Waals surface area contributed by atoms with Gasteiger partial charge in [-0.15, -0.1) is 10.2 Å². The Hall–Kier alpha value is -2.08. The second-order valence-electron chi connectivity index (χ2n) is 9.62. The number of benzene rings is 1. The highest BCUT2D eigenvalue weighted by Crippen LogP contribution is 2.52. The maximum Gasteiger partial charge on any atom is 0.247 e. The maximum absolute atomic E-state index is 6.58. The van der Waals surface area contributed by atoms with Gasteiger partial charge in [-0.3, -0.25) is 0 Å². The molecular weight excluding hydrogens is 392 g/mol. The molecule has 2 heterocycles. The average molecular weight is 423 g/mol. The standard InChI is InChI=1S/C24H30N4OS/c1-14-12-15-8-7-11-24(2,3)18(15)13-17(14)21-25-19-10-6-5-9-16(19)20-22(29-21)26-23(30-4)28-27-20/h5-6,8-10,14,17-18,21,25H,7,11-13H2,1-4H3/t14-,17-,18-,21+/m0/s1. The molecule has 158 valence electrons. The Morgan fingerprint density at radius 2 is 2.03 bits per heavy atom. The van der Waals surface area contributed by atoms with Gasteiger partial charge >= 0.3 is 0 Å². The number of allylic oxidation sites excluding steroid dienone is 2. The van der Waals surface area contributed by atoms with Gasteiger partial charge in [0.15, 0.2) is 11.9 Å². The van der Waals surface area contributed by atoms with Crippen LogP contribution in [-0.4, -0.2) is 27.7 Å². The molecular formula is C24H30N4OS. The first kappa shape index (κ1) is 19.9. The van der Waals surface area contributed by atoms with E-state index >= 15 is 0 Å². The number of para-hydroxylation sites is 1. The van der Waals surface area contributed by atoms with Crippen LogP contribution in [0.25, 0.3) is 11.3 Å². The number of nitrogens with zero attached hydrogens (tertiary/aromatic N) is 3. The second kappa shape index (κ2) is 7.56. The number of anilines is 1. The summed E-state index contributed by atoms with van der Waals surface area (Å²) < 4.78 is 6.58. The summed E-state index contributed by atoms with van der Waals surface area (Å²) in [6.07, 6.45) is 9.13. The third-order valence-electron chi connectivity index (χ3n) is 7.31. The zero-order valence-corrected chi connectivity index (χ0v) is 19.0. The van der Waals surface area contributed by atoms with Crippen molar-refractivity contribution in [1.29, 1.82) is 0 Å². The van der Waals surface area contributed by atoms with E-state index in [4.69, 9.17) is 4.74 Å². The molecule has 5 rings (SSSR count). The van der Waals surface area contributed by atoms with Crippen LogP contribution in [0.4, 0.5) is 5.69 Å². The van der Waals surface area contributed by atoms with Crippen LogP contribution in [0.1, 0.15) is 46.5 Å². The van der Waals surface area contributed by atoms with Crippen molar-refractivity contribution in [2.45, 2.75) is 57.8 Å². The molecule has 4 atom stereocenters.